The molecule has 0 bridgehead atoms. The molecule has 1 aliphatic rings. The monoisotopic (exact) mass is 325 g/mol. The number of methoxy groups -OCH3 is 1. The maximum absolute atomic E-state index is 13.9. The Bertz CT molecular complexity index is 507. The smallest absolute Gasteiger partial charge is 0.404 e. The summed E-state index contributed by atoms with van der Waals surface area (Å²) in [5.74, 6) is 0.851. The van der Waals surface area contributed by atoms with E-state index in [1.54, 1.807) is 7.11 Å². The van der Waals surface area contributed by atoms with Gasteiger partial charge in [0.25, 0.3) is 0 Å². The lowest BCUT2D eigenvalue weighted by Crippen LogP contribution is -2.48. The minimum absolute atomic E-state index is 0.150. The lowest BCUT2D eigenvalue weighted by molar-refractivity contribution is 0.171. The van der Waals surface area contributed by atoms with Crippen LogP contribution in [0.1, 0.15) is 6.42 Å². The highest BCUT2D eigenvalue weighted by Crippen LogP contribution is 2.28. The van der Waals surface area contributed by atoms with Gasteiger partial charge >= 0.3 is 6.09 Å². The number of nitrogens with zero attached hydrogens (tertiary/aromatic N) is 2. The number of hydrogen-bond donors (Lipinski definition) is 2. The zero-order chi connectivity index (χ0) is 16.7. The molecule has 1 aliphatic heterocycles. The topological polar surface area (TPSA) is 65.0 Å². The van der Waals surface area contributed by atoms with Gasteiger partial charge in [0.05, 0.1) is 12.8 Å². The first-order chi connectivity index (χ1) is 11.1. The number of anilines is 1. The van der Waals surface area contributed by atoms with E-state index in [1.165, 1.54) is 0 Å². The number of nitrogens with one attached hydrogen (secondary N) is 1. The summed E-state index contributed by atoms with van der Waals surface area (Å²) in [6.45, 7) is 3.70. The highest BCUT2D eigenvalue weighted by molar-refractivity contribution is 5.64. The molecule has 128 valence electrons. The Balaban J connectivity index is 1.76. The average molecular weight is 325 g/mol. The molecule has 0 spiro atoms. The third-order valence-corrected chi connectivity index (χ3v) is 3.99. The van der Waals surface area contributed by atoms with E-state index < -0.39 is 12.3 Å². The summed E-state index contributed by atoms with van der Waals surface area (Å²) in [7, 11) is 1.66. The van der Waals surface area contributed by atoms with E-state index >= 15 is 0 Å². The normalized spacial score (nSPS) is 16.9. The molecule has 23 heavy (non-hydrogen) atoms. The van der Waals surface area contributed by atoms with Gasteiger partial charge in [-0.05, 0) is 18.6 Å². The van der Waals surface area contributed by atoms with Crippen molar-refractivity contribution in [3.05, 3.63) is 24.3 Å². The minimum Gasteiger partial charge on any atom is -0.495 e. The van der Waals surface area contributed by atoms with Crippen LogP contribution in [-0.4, -0.2) is 68.6 Å². The van der Waals surface area contributed by atoms with Gasteiger partial charge in [0.15, 0.2) is 0 Å². The molecule has 0 radical (unpaired) electrons. The molecule has 1 unspecified atom stereocenters. The highest BCUT2D eigenvalue weighted by atomic mass is 19.1. The van der Waals surface area contributed by atoms with E-state index in [0.29, 0.717) is 6.54 Å². The van der Waals surface area contributed by atoms with Crippen LogP contribution in [0.2, 0.25) is 0 Å². The van der Waals surface area contributed by atoms with Crippen LogP contribution in [-0.2, 0) is 0 Å². The van der Waals surface area contributed by atoms with Crippen molar-refractivity contribution >= 4 is 11.8 Å². The molecular weight excluding hydrogens is 301 g/mol. The maximum atomic E-state index is 13.9. The largest absolute Gasteiger partial charge is 0.495 e. The third-order valence-electron chi connectivity index (χ3n) is 3.99. The first kappa shape index (κ1) is 17.3. The van der Waals surface area contributed by atoms with Gasteiger partial charge in [-0.2, -0.15) is 0 Å². The summed E-state index contributed by atoms with van der Waals surface area (Å²) in [5.41, 5.74) is 1.07. The molecule has 0 aliphatic carbocycles. The molecule has 7 heteroatoms. The Labute approximate surface area is 135 Å². The SMILES string of the molecule is COc1ccccc1N1CCN(CC(F)CCNC(=O)O)CC1. The molecule has 1 aromatic rings. The Kier molecular flexibility index (Phi) is 6.46. The molecular formula is C16H24FN3O3. The molecule has 1 fully saturated rings. The van der Waals surface area contributed by atoms with Crippen LogP contribution in [0, 0.1) is 0 Å². The van der Waals surface area contributed by atoms with Crippen molar-refractivity contribution < 1.29 is 19.0 Å². The summed E-state index contributed by atoms with van der Waals surface area (Å²) in [4.78, 5) is 14.7. The molecule has 2 N–H and O–H groups in total. The molecule has 0 saturated carbocycles. The Morgan fingerprint density at radius 1 is 1.35 bits per heavy atom. The van der Waals surface area contributed by atoms with Gasteiger partial charge in [-0.25, -0.2) is 9.18 Å². The van der Waals surface area contributed by atoms with E-state index in [4.69, 9.17) is 9.84 Å². The molecule has 1 heterocycles. The number of halogens is 1. The lowest BCUT2D eigenvalue weighted by atomic mass is 10.2. The molecule has 1 atom stereocenters. The van der Waals surface area contributed by atoms with Crippen LogP contribution in [0.4, 0.5) is 14.9 Å². The van der Waals surface area contributed by atoms with Crippen LogP contribution >= 0.6 is 0 Å². The Morgan fingerprint density at radius 3 is 2.70 bits per heavy atom. The van der Waals surface area contributed by atoms with Crippen LogP contribution in [0.25, 0.3) is 0 Å². The summed E-state index contributed by atoms with van der Waals surface area (Å²) in [5, 5.41) is 10.7. The van der Waals surface area contributed by atoms with Gasteiger partial charge in [-0.1, -0.05) is 12.1 Å². The first-order valence-electron chi connectivity index (χ1n) is 7.81. The van der Waals surface area contributed by atoms with E-state index in [9.17, 15) is 9.18 Å². The van der Waals surface area contributed by atoms with Gasteiger partial charge in [0.2, 0.25) is 0 Å². The Morgan fingerprint density at radius 2 is 2.04 bits per heavy atom. The number of alkyl halides is 1. The predicted molar refractivity (Wildman–Crippen MR) is 87.2 cm³/mol. The fourth-order valence-corrected chi connectivity index (χ4v) is 2.77. The van der Waals surface area contributed by atoms with Crippen LogP contribution < -0.4 is 15.0 Å². The van der Waals surface area contributed by atoms with Gasteiger partial charge in [0.1, 0.15) is 11.9 Å². The first-order valence-corrected chi connectivity index (χ1v) is 7.81. The number of rotatable bonds is 7. The number of para-hydroxylation sites is 2. The zero-order valence-corrected chi connectivity index (χ0v) is 13.4. The molecule has 1 aromatic carbocycles. The van der Waals surface area contributed by atoms with Crippen molar-refractivity contribution in [2.75, 3.05) is 51.3 Å². The minimum atomic E-state index is -1.11. The lowest BCUT2D eigenvalue weighted by Gasteiger charge is -2.37. The number of carbonyl (C=O) groups is 1. The number of hydrogen-bond acceptors (Lipinski definition) is 4. The highest BCUT2D eigenvalue weighted by Gasteiger charge is 2.21. The summed E-state index contributed by atoms with van der Waals surface area (Å²) < 4.78 is 19.3. The quantitative estimate of drug-likeness (QED) is 0.800. The molecule has 0 aromatic heterocycles. The summed E-state index contributed by atoms with van der Waals surface area (Å²) in [6, 6.07) is 7.90. The van der Waals surface area contributed by atoms with E-state index in [1.807, 2.05) is 24.3 Å². The zero-order valence-electron chi connectivity index (χ0n) is 13.4. The summed E-state index contributed by atoms with van der Waals surface area (Å²) >= 11 is 0. The van der Waals surface area contributed by atoms with Crippen molar-refractivity contribution in [2.24, 2.45) is 0 Å². The van der Waals surface area contributed by atoms with E-state index in [0.717, 1.165) is 37.6 Å². The second-order valence-electron chi connectivity index (χ2n) is 5.58. The van der Waals surface area contributed by atoms with Crippen LogP contribution in [0.5, 0.6) is 5.75 Å². The molecule has 2 rings (SSSR count). The molecule has 1 saturated heterocycles. The number of ether oxygens (including phenoxy) is 1. The molecule has 6 nitrogen and oxygen atoms in total. The average Bonchev–Trinajstić information content (AvgIpc) is 2.55. The van der Waals surface area contributed by atoms with Crippen LogP contribution in [0.3, 0.4) is 0 Å². The number of carboxylic acid groups (broad SMARTS) is 1. The number of amides is 1. The van der Waals surface area contributed by atoms with Crippen molar-refractivity contribution in [2.45, 2.75) is 12.6 Å². The second-order valence-corrected chi connectivity index (χ2v) is 5.58. The van der Waals surface area contributed by atoms with Crippen molar-refractivity contribution in [3.63, 3.8) is 0 Å². The van der Waals surface area contributed by atoms with Crippen molar-refractivity contribution in [1.29, 1.82) is 0 Å². The van der Waals surface area contributed by atoms with Gasteiger partial charge < -0.3 is 20.1 Å². The Hall–Kier alpha value is -2.02. The third kappa shape index (κ3) is 5.28. The van der Waals surface area contributed by atoms with Crippen LogP contribution in [0.15, 0.2) is 24.3 Å². The maximum Gasteiger partial charge on any atom is 0.404 e. The van der Waals surface area contributed by atoms with Gasteiger partial charge in [-0.15, -0.1) is 0 Å². The van der Waals surface area contributed by atoms with E-state index in [2.05, 4.69) is 15.1 Å². The summed E-state index contributed by atoms with van der Waals surface area (Å²) in [6.07, 6.45) is -1.92. The second kappa shape index (κ2) is 8.57. The fourth-order valence-electron chi connectivity index (χ4n) is 2.77. The van der Waals surface area contributed by atoms with Crippen molar-refractivity contribution in [3.8, 4) is 5.75 Å². The van der Waals surface area contributed by atoms with E-state index in [-0.39, 0.29) is 13.0 Å². The van der Waals surface area contributed by atoms with Gasteiger partial charge in [-0.3, -0.25) is 4.90 Å². The standard InChI is InChI=1S/C16H24FN3O3/c1-23-15-5-3-2-4-14(15)20-10-8-19(9-11-20)12-13(17)6-7-18-16(21)22/h2-5,13,18H,6-12H2,1H3,(H,21,22). The molecule has 1 amide bonds. The predicted octanol–water partition coefficient (Wildman–Crippen LogP) is 1.81. The number of benzene rings is 1. The van der Waals surface area contributed by atoms with Gasteiger partial charge in [0, 0.05) is 39.3 Å². The van der Waals surface area contributed by atoms with Crippen molar-refractivity contribution in [1.82, 2.24) is 10.2 Å². The number of piperazine rings is 1. The fraction of sp³-hybridized carbons (Fsp3) is 0.562.